The minimum Gasteiger partial charge on any atom is -0.496 e. The quantitative estimate of drug-likeness (QED) is 0.796. The van der Waals surface area contributed by atoms with E-state index in [1.807, 2.05) is 12.1 Å². The Labute approximate surface area is 85.5 Å². The van der Waals surface area contributed by atoms with Crippen LogP contribution in [0.2, 0.25) is 0 Å². The van der Waals surface area contributed by atoms with Crippen LogP contribution in [0.15, 0.2) is 18.2 Å². The zero-order chi connectivity index (χ0) is 10.6. The van der Waals surface area contributed by atoms with Crippen molar-refractivity contribution < 1.29 is 9.84 Å². The second-order valence-electron chi connectivity index (χ2n) is 3.55. The molecule has 14 heavy (non-hydrogen) atoms. The van der Waals surface area contributed by atoms with Crippen LogP contribution in [0.4, 0.5) is 0 Å². The number of methoxy groups -OCH3 is 1. The van der Waals surface area contributed by atoms with E-state index in [2.05, 4.69) is 13.0 Å². The lowest BCUT2D eigenvalue weighted by Crippen LogP contribution is -2.04. The molecule has 1 aromatic rings. The van der Waals surface area contributed by atoms with Gasteiger partial charge in [-0.05, 0) is 37.0 Å². The molecule has 0 aliphatic carbocycles. The van der Waals surface area contributed by atoms with Crippen LogP contribution in [-0.4, -0.2) is 18.3 Å². The first-order valence-corrected chi connectivity index (χ1v) is 5.01. The number of ether oxygens (including phenoxy) is 1. The summed E-state index contributed by atoms with van der Waals surface area (Å²) in [5, 5.41) is 9.26. The van der Waals surface area contributed by atoms with Crippen LogP contribution >= 0.6 is 0 Å². The van der Waals surface area contributed by atoms with Crippen molar-refractivity contribution in [1.82, 2.24) is 0 Å². The van der Waals surface area contributed by atoms with Gasteiger partial charge in [0.2, 0.25) is 0 Å². The summed E-state index contributed by atoms with van der Waals surface area (Å²) in [5.41, 5.74) is 2.36. The molecule has 0 radical (unpaired) electrons. The zero-order valence-corrected chi connectivity index (χ0v) is 9.08. The number of hydrogen-bond donors (Lipinski definition) is 1. The molecule has 2 nitrogen and oxygen atoms in total. The fraction of sp³-hybridized carbons (Fsp3) is 0.500. The maximum Gasteiger partial charge on any atom is 0.122 e. The molecule has 0 aliphatic heterocycles. The van der Waals surface area contributed by atoms with E-state index in [1.54, 1.807) is 14.0 Å². The van der Waals surface area contributed by atoms with Gasteiger partial charge in [0.15, 0.2) is 0 Å². The average Bonchev–Trinajstić information content (AvgIpc) is 2.16. The van der Waals surface area contributed by atoms with Crippen LogP contribution in [0, 0.1) is 0 Å². The Hall–Kier alpha value is -1.02. The summed E-state index contributed by atoms with van der Waals surface area (Å²) in [6.45, 7) is 3.90. The predicted octanol–water partition coefficient (Wildman–Crippen LogP) is 2.18. The second kappa shape index (κ2) is 5.01. The fourth-order valence-electron chi connectivity index (χ4n) is 1.58. The van der Waals surface area contributed by atoms with Gasteiger partial charge >= 0.3 is 0 Å². The van der Waals surface area contributed by atoms with E-state index in [9.17, 15) is 5.11 Å². The summed E-state index contributed by atoms with van der Waals surface area (Å²) in [6, 6.07) is 6.08. The number of aliphatic hydroxyl groups excluding tert-OH is 1. The highest BCUT2D eigenvalue weighted by atomic mass is 16.5. The molecule has 1 aromatic carbocycles. The van der Waals surface area contributed by atoms with Gasteiger partial charge < -0.3 is 9.84 Å². The summed E-state index contributed by atoms with van der Waals surface area (Å²) in [7, 11) is 1.68. The lowest BCUT2D eigenvalue weighted by Gasteiger charge is -2.10. The lowest BCUT2D eigenvalue weighted by atomic mass is 10.0. The third-order valence-corrected chi connectivity index (χ3v) is 2.26. The molecule has 0 heterocycles. The highest BCUT2D eigenvalue weighted by molar-refractivity contribution is 5.37. The van der Waals surface area contributed by atoms with Gasteiger partial charge in [0.25, 0.3) is 0 Å². The van der Waals surface area contributed by atoms with Crippen LogP contribution in [0.25, 0.3) is 0 Å². The largest absolute Gasteiger partial charge is 0.496 e. The minimum absolute atomic E-state index is 0.284. The fourth-order valence-corrected chi connectivity index (χ4v) is 1.58. The highest BCUT2D eigenvalue weighted by Gasteiger charge is 2.04. The maximum absolute atomic E-state index is 9.26. The van der Waals surface area contributed by atoms with E-state index in [1.165, 1.54) is 5.56 Å². The van der Waals surface area contributed by atoms with Gasteiger partial charge in [-0.25, -0.2) is 0 Å². The van der Waals surface area contributed by atoms with Gasteiger partial charge in [-0.15, -0.1) is 0 Å². The van der Waals surface area contributed by atoms with Gasteiger partial charge in [-0.2, -0.15) is 0 Å². The van der Waals surface area contributed by atoms with E-state index >= 15 is 0 Å². The van der Waals surface area contributed by atoms with Crippen molar-refractivity contribution in [2.45, 2.75) is 32.8 Å². The van der Waals surface area contributed by atoms with Crippen molar-refractivity contribution in [2.75, 3.05) is 7.11 Å². The second-order valence-corrected chi connectivity index (χ2v) is 3.55. The molecular weight excluding hydrogens is 176 g/mol. The lowest BCUT2D eigenvalue weighted by molar-refractivity contribution is 0.195. The van der Waals surface area contributed by atoms with Crippen molar-refractivity contribution in [3.8, 4) is 5.75 Å². The summed E-state index contributed by atoms with van der Waals surface area (Å²) >= 11 is 0. The molecule has 0 amide bonds. The number of rotatable bonds is 4. The number of aliphatic hydroxyl groups is 1. The monoisotopic (exact) mass is 194 g/mol. The summed E-state index contributed by atoms with van der Waals surface area (Å²) in [6.07, 6.45) is 1.38. The molecule has 0 saturated carbocycles. The van der Waals surface area contributed by atoms with Crippen molar-refractivity contribution in [1.29, 1.82) is 0 Å². The third-order valence-electron chi connectivity index (χ3n) is 2.26. The van der Waals surface area contributed by atoms with Gasteiger partial charge in [-0.1, -0.05) is 19.1 Å². The SMILES string of the molecule is CCc1cc(CC(C)O)ccc1OC. The smallest absolute Gasteiger partial charge is 0.122 e. The standard InChI is InChI=1S/C12H18O2/c1-4-11-8-10(7-9(2)13)5-6-12(11)14-3/h5-6,8-9,13H,4,7H2,1-3H3. The van der Waals surface area contributed by atoms with Crippen LogP contribution < -0.4 is 4.74 Å². The Morgan fingerprint density at radius 1 is 1.43 bits per heavy atom. The Morgan fingerprint density at radius 2 is 2.14 bits per heavy atom. The van der Waals surface area contributed by atoms with E-state index < -0.39 is 0 Å². The molecule has 0 aliphatic rings. The minimum atomic E-state index is -0.284. The maximum atomic E-state index is 9.26. The number of hydrogen-bond acceptors (Lipinski definition) is 2. The van der Waals surface area contributed by atoms with Crippen LogP contribution in [0.5, 0.6) is 5.75 Å². The Morgan fingerprint density at radius 3 is 2.64 bits per heavy atom. The topological polar surface area (TPSA) is 29.5 Å². The third kappa shape index (κ3) is 2.74. The Kier molecular flexibility index (Phi) is 3.96. The molecule has 1 unspecified atom stereocenters. The average molecular weight is 194 g/mol. The van der Waals surface area contributed by atoms with Gasteiger partial charge in [0.1, 0.15) is 5.75 Å². The normalized spacial score (nSPS) is 12.6. The molecule has 0 spiro atoms. The summed E-state index contributed by atoms with van der Waals surface area (Å²) in [5.74, 6) is 0.932. The molecule has 0 saturated heterocycles. The van der Waals surface area contributed by atoms with Crippen molar-refractivity contribution >= 4 is 0 Å². The molecule has 2 heteroatoms. The molecule has 0 fully saturated rings. The Bertz CT molecular complexity index is 292. The molecule has 1 N–H and O–H groups in total. The van der Waals surface area contributed by atoms with Gasteiger partial charge in [-0.3, -0.25) is 0 Å². The van der Waals surface area contributed by atoms with E-state index in [0.29, 0.717) is 6.42 Å². The van der Waals surface area contributed by atoms with Gasteiger partial charge in [0, 0.05) is 0 Å². The zero-order valence-electron chi connectivity index (χ0n) is 9.08. The van der Waals surface area contributed by atoms with Gasteiger partial charge in [0.05, 0.1) is 13.2 Å². The van der Waals surface area contributed by atoms with E-state index in [0.717, 1.165) is 17.7 Å². The molecule has 78 valence electrons. The number of aryl methyl sites for hydroxylation is 1. The summed E-state index contributed by atoms with van der Waals surface area (Å²) in [4.78, 5) is 0. The van der Waals surface area contributed by atoms with E-state index in [-0.39, 0.29) is 6.10 Å². The molecular formula is C12H18O2. The first kappa shape index (κ1) is 11.1. The van der Waals surface area contributed by atoms with Crippen molar-refractivity contribution in [3.63, 3.8) is 0 Å². The molecule has 0 bridgehead atoms. The number of benzene rings is 1. The highest BCUT2D eigenvalue weighted by Crippen LogP contribution is 2.20. The molecule has 1 atom stereocenters. The first-order chi connectivity index (χ1) is 6.67. The predicted molar refractivity (Wildman–Crippen MR) is 57.8 cm³/mol. The van der Waals surface area contributed by atoms with Crippen LogP contribution in [0.3, 0.4) is 0 Å². The molecule has 0 aromatic heterocycles. The molecule has 1 rings (SSSR count). The first-order valence-electron chi connectivity index (χ1n) is 5.01. The summed E-state index contributed by atoms with van der Waals surface area (Å²) < 4.78 is 5.23. The van der Waals surface area contributed by atoms with Crippen molar-refractivity contribution in [2.24, 2.45) is 0 Å². The van der Waals surface area contributed by atoms with Crippen LogP contribution in [-0.2, 0) is 12.8 Å². The van der Waals surface area contributed by atoms with Crippen LogP contribution in [0.1, 0.15) is 25.0 Å². The Balaban J connectivity index is 2.89. The van der Waals surface area contributed by atoms with Crippen molar-refractivity contribution in [3.05, 3.63) is 29.3 Å². The van der Waals surface area contributed by atoms with E-state index in [4.69, 9.17) is 4.74 Å².